The molecule has 0 radical (unpaired) electrons. The number of carboxylic acid groups (broad SMARTS) is 1. The maximum Gasteiger partial charge on any atom is 0.303 e. The predicted molar refractivity (Wildman–Crippen MR) is 108 cm³/mol. The molecule has 0 spiro atoms. The molecule has 3 fully saturated rings. The maximum absolute atomic E-state index is 12.2. The molecule has 3 N–H and O–H groups in total. The number of aliphatic carboxylic acids is 1. The van der Waals surface area contributed by atoms with E-state index in [-0.39, 0.29) is 12.3 Å². The van der Waals surface area contributed by atoms with Gasteiger partial charge in [-0.3, -0.25) is 9.59 Å². The first-order valence-electron chi connectivity index (χ1n) is 11.2. The molecule has 6 nitrogen and oxygen atoms in total. The Morgan fingerprint density at radius 2 is 1.75 bits per heavy atom. The van der Waals surface area contributed by atoms with Gasteiger partial charge in [0.2, 0.25) is 5.91 Å². The highest BCUT2D eigenvalue weighted by Crippen LogP contribution is 2.44. The predicted octanol–water partition coefficient (Wildman–Crippen LogP) is 3.02. The van der Waals surface area contributed by atoms with Gasteiger partial charge in [0.1, 0.15) is 0 Å². The van der Waals surface area contributed by atoms with Crippen LogP contribution >= 0.6 is 0 Å². The fourth-order valence-electron chi connectivity index (χ4n) is 5.10. The second-order valence-corrected chi connectivity index (χ2v) is 8.64. The lowest BCUT2D eigenvalue weighted by atomic mass is 9.77. The van der Waals surface area contributed by atoms with Crippen molar-refractivity contribution in [2.45, 2.75) is 88.9 Å². The highest BCUT2D eigenvalue weighted by atomic mass is 16.5. The van der Waals surface area contributed by atoms with Gasteiger partial charge in [-0.15, -0.1) is 0 Å². The Morgan fingerprint density at radius 1 is 1.00 bits per heavy atom. The first kappa shape index (κ1) is 21.3. The molecule has 0 aromatic carbocycles. The van der Waals surface area contributed by atoms with Gasteiger partial charge in [0, 0.05) is 24.9 Å². The molecule has 0 unspecified atom stereocenters. The van der Waals surface area contributed by atoms with Crippen LogP contribution in [-0.2, 0) is 14.3 Å². The van der Waals surface area contributed by atoms with Crippen molar-refractivity contribution in [2.24, 2.45) is 11.8 Å². The molecular formula is C22H36N2O4. The molecule has 1 amide bonds. The van der Waals surface area contributed by atoms with E-state index in [2.05, 4.69) is 22.8 Å². The number of carboxylic acids is 1. The van der Waals surface area contributed by atoms with Crippen LogP contribution in [0.4, 0.5) is 0 Å². The monoisotopic (exact) mass is 392 g/mol. The number of hydrogen-bond acceptors (Lipinski definition) is 4. The number of carbonyl (C=O) groups excluding carboxylic acids is 1. The summed E-state index contributed by atoms with van der Waals surface area (Å²) >= 11 is 0. The molecule has 1 saturated carbocycles. The van der Waals surface area contributed by atoms with E-state index in [0.717, 1.165) is 45.1 Å². The average molecular weight is 393 g/mol. The zero-order valence-corrected chi connectivity index (χ0v) is 16.9. The number of hydrogen-bond donors (Lipinski definition) is 3. The van der Waals surface area contributed by atoms with Crippen LogP contribution in [0, 0.1) is 11.8 Å². The van der Waals surface area contributed by atoms with Gasteiger partial charge < -0.3 is 20.5 Å². The zero-order chi connectivity index (χ0) is 19.8. The molecule has 158 valence electrons. The summed E-state index contributed by atoms with van der Waals surface area (Å²) in [7, 11) is 0. The Bertz CT molecular complexity index is 545. The van der Waals surface area contributed by atoms with Gasteiger partial charge >= 0.3 is 5.97 Å². The summed E-state index contributed by atoms with van der Waals surface area (Å²) in [6.45, 7) is 1.22. The zero-order valence-electron chi connectivity index (χ0n) is 16.9. The molecular weight excluding hydrogens is 356 g/mol. The summed E-state index contributed by atoms with van der Waals surface area (Å²) in [6.07, 6.45) is 16.0. The fraction of sp³-hybridized carbons (Fsp3) is 0.818. The van der Waals surface area contributed by atoms with Crippen LogP contribution in [-0.4, -0.2) is 48.3 Å². The number of carbonyl (C=O) groups is 2. The largest absolute Gasteiger partial charge is 0.481 e. The van der Waals surface area contributed by atoms with E-state index in [4.69, 9.17) is 9.84 Å². The van der Waals surface area contributed by atoms with Crippen LogP contribution in [0.2, 0.25) is 0 Å². The molecule has 3 aliphatic rings. The molecule has 2 bridgehead atoms. The number of fused-ring (bicyclic) bond motifs is 2. The van der Waals surface area contributed by atoms with Crippen LogP contribution in [0.15, 0.2) is 12.2 Å². The first-order chi connectivity index (χ1) is 13.6. The Labute approximate surface area is 168 Å². The van der Waals surface area contributed by atoms with Crippen molar-refractivity contribution in [3.63, 3.8) is 0 Å². The van der Waals surface area contributed by atoms with Gasteiger partial charge in [0.25, 0.3) is 0 Å². The average Bonchev–Trinajstić information content (AvgIpc) is 3.27. The summed E-state index contributed by atoms with van der Waals surface area (Å²) in [6, 6.07) is 0.368. The van der Waals surface area contributed by atoms with E-state index in [0.29, 0.717) is 43.1 Å². The summed E-state index contributed by atoms with van der Waals surface area (Å²) in [5.41, 5.74) is 0. The van der Waals surface area contributed by atoms with E-state index in [9.17, 15) is 9.59 Å². The quantitative estimate of drug-likeness (QED) is 0.372. The fourth-order valence-corrected chi connectivity index (χ4v) is 5.10. The van der Waals surface area contributed by atoms with Gasteiger partial charge in [-0.05, 0) is 50.9 Å². The Morgan fingerprint density at radius 3 is 2.50 bits per heavy atom. The van der Waals surface area contributed by atoms with Gasteiger partial charge in [-0.1, -0.05) is 31.4 Å². The lowest BCUT2D eigenvalue weighted by molar-refractivity contribution is -0.137. The molecule has 2 aliphatic heterocycles. The Hall–Kier alpha value is -1.40. The van der Waals surface area contributed by atoms with Crippen LogP contribution in [0.5, 0.6) is 0 Å². The SMILES string of the molecule is O=C(O)CCCC=CC[C@@H]1[C@H](CNCC(=O)NC2CCCCC2)[C@@H]2CC[C@H]1O2. The minimum Gasteiger partial charge on any atom is -0.481 e. The third-order valence-corrected chi connectivity index (χ3v) is 6.56. The van der Waals surface area contributed by atoms with Crippen molar-refractivity contribution >= 4 is 11.9 Å². The third-order valence-electron chi connectivity index (χ3n) is 6.56. The lowest BCUT2D eigenvalue weighted by Crippen LogP contribution is -2.43. The number of ether oxygens (including phenoxy) is 1. The third kappa shape index (κ3) is 6.31. The number of allylic oxidation sites excluding steroid dienone is 2. The number of rotatable bonds is 11. The van der Waals surface area contributed by atoms with Crippen molar-refractivity contribution in [1.82, 2.24) is 10.6 Å². The van der Waals surface area contributed by atoms with Gasteiger partial charge in [-0.2, -0.15) is 0 Å². The maximum atomic E-state index is 12.2. The second-order valence-electron chi connectivity index (χ2n) is 8.64. The number of unbranched alkanes of at least 4 members (excludes halogenated alkanes) is 1. The summed E-state index contributed by atoms with van der Waals surface area (Å²) in [5.74, 6) is 0.354. The number of amides is 1. The van der Waals surface area contributed by atoms with Crippen LogP contribution in [0.1, 0.15) is 70.6 Å². The van der Waals surface area contributed by atoms with E-state index < -0.39 is 5.97 Å². The summed E-state index contributed by atoms with van der Waals surface area (Å²) in [4.78, 5) is 22.7. The van der Waals surface area contributed by atoms with E-state index >= 15 is 0 Å². The normalized spacial score (nSPS) is 30.1. The second kappa shape index (κ2) is 11.0. The van der Waals surface area contributed by atoms with E-state index in [1.807, 2.05) is 0 Å². The first-order valence-corrected chi connectivity index (χ1v) is 11.2. The molecule has 2 heterocycles. The van der Waals surface area contributed by atoms with E-state index in [1.54, 1.807) is 0 Å². The summed E-state index contributed by atoms with van der Waals surface area (Å²) in [5, 5.41) is 15.2. The van der Waals surface area contributed by atoms with Crippen molar-refractivity contribution in [1.29, 1.82) is 0 Å². The molecule has 1 aliphatic carbocycles. The molecule has 28 heavy (non-hydrogen) atoms. The molecule has 4 atom stereocenters. The molecule has 6 heteroatoms. The molecule has 3 rings (SSSR count). The van der Waals surface area contributed by atoms with Gasteiger partial charge in [0.05, 0.1) is 18.8 Å². The smallest absolute Gasteiger partial charge is 0.303 e. The van der Waals surface area contributed by atoms with Crippen LogP contribution in [0.25, 0.3) is 0 Å². The lowest BCUT2D eigenvalue weighted by Gasteiger charge is -2.28. The van der Waals surface area contributed by atoms with Gasteiger partial charge in [-0.25, -0.2) is 0 Å². The van der Waals surface area contributed by atoms with Crippen molar-refractivity contribution < 1.29 is 19.4 Å². The van der Waals surface area contributed by atoms with Crippen LogP contribution < -0.4 is 10.6 Å². The molecule has 2 saturated heterocycles. The highest BCUT2D eigenvalue weighted by Gasteiger charge is 2.47. The molecule has 0 aromatic heterocycles. The van der Waals surface area contributed by atoms with E-state index in [1.165, 1.54) is 19.3 Å². The number of nitrogens with one attached hydrogen (secondary N) is 2. The van der Waals surface area contributed by atoms with Crippen molar-refractivity contribution in [3.8, 4) is 0 Å². The molecule has 0 aromatic rings. The van der Waals surface area contributed by atoms with Crippen LogP contribution in [0.3, 0.4) is 0 Å². The Balaban J connectivity index is 1.36. The highest BCUT2D eigenvalue weighted by molar-refractivity contribution is 5.78. The van der Waals surface area contributed by atoms with Crippen molar-refractivity contribution in [3.05, 3.63) is 12.2 Å². The van der Waals surface area contributed by atoms with Gasteiger partial charge in [0.15, 0.2) is 0 Å². The Kier molecular flexibility index (Phi) is 8.34. The summed E-state index contributed by atoms with van der Waals surface area (Å²) < 4.78 is 6.13. The standard InChI is InChI=1S/C22H36N2O4/c25-21(24-16-8-4-3-5-9-16)15-23-14-18-17(19-12-13-20(18)28-19)10-6-1-2-7-11-22(26)27/h1,6,16-20,23H,2-5,7-15H2,(H,24,25)(H,26,27)/t17-,18+,19-,20+/m1/s1. The topological polar surface area (TPSA) is 87.7 Å². The minimum absolute atomic E-state index is 0.117. The van der Waals surface area contributed by atoms with Crippen molar-refractivity contribution in [2.75, 3.05) is 13.1 Å². The minimum atomic E-state index is -0.728.